The minimum absolute atomic E-state index is 0.0864. The molecule has 2 amide bonds. The van der Waals surface area contributed by atoms with Gasteiger partial charge in [0.2, 0.25) is 5.91 Å². The molecule has 0 fully saturated rings. The Balaban J connectivity index is 1.33. The zero-order valence-electron chi connectivity index (χ0n) is 14.8. The van der Waals surface area contributed by atoms with E-state index in [9.17, 15) is 23.2 Å². The lowest BCUT2D eigenvalue weighted by Crippen LogP contribution is -2.25. The van der Waals surface area contributed by atoms with Crippen molar-refractivity contribution in [3.05, 3.63) is 47.5 Å². The minimum Gasteiger partial charge on any atom is -0.452 e. The van der Waals surface area contributed by atoms with Gasteiger partial charge in [-0.3, -0.25) is 9.59 Å². The number of benzene rings is 2. The van der Waals surface area contributed by atoms with E-state index in [1.54, 1.807) is 12.1 Å². The first-order chi connectivity index (χ1) is 13.8. The number of alkyl halides is 2. The predicted molar refractivity (Wildman–Crippen MR) is 94.9 cm³/mol. The molecule has 150 valence electrons. The third-order valence-corrected chi connectivity index (χ3v) is 4.26. The Morgan fingerprint density at radius 3 is 2.72 bits per heavy atom. The fourth-order valence-corrected chi connectivity index (χ4v) is 2.95. The maximum absolute atomic E-state index is 13.0. The van der Waals surface area contributed by atoms with Crippen LogP contribution in [0.25, 0.3) is 0 Å². The molecule has 8 nitrogen and oxygen atoms in total. The van der Waals surface area contributed by atoms with Crippen molar-refractivity contribution in [2.24, 2.45) is 0 Å². The average Bonchev–Trinajstić information content (AvgIpc) is 2.98. The molecule has 0 radical (unpaired) electrons. The number of hydrogen-bond acceptors (Lipinski definition) is 6. The summed E-state index contributed by atoms with van der Waals surface area (Å²) in [7, 11) is 0. The summed E-state index contributed by atoms with van der Waals surface area (Å²) in [6.45, 7) is -0.572. The number of esters is 1. The number of ether oxygens (including phenoxy) is 3. The van der Waals surface area contributed by atoms with Crippen LogP contribution < -0.4 is 20.1 Å². The highest BCUT2D eigenvalue weighted by molar-refractivity contribution is 5.97. The number of amides is 2. The Morgan fingerprint density at radius 1 is 1.10 bits per heavy atom. The second-order valence-electron chi connectivity index (χ2n) is 6.37. The number of nitrogens with one attached hydrogen (secondary N) is 2. The first-order valence-corrected chi connectivity index (χ1v) is 8.59. The van der Waals surface area contributed by atoms with Gasteiger partial charge >= 0.3 is 12.3 Å². The van der Waals surface area contributed by atoms with Crippen molar-refractivity contribution >= 4 is 29.2 Å². The molecule has 0 aliphatic carbocycles. The number of halogens is 2. The quantitative estimate of drug-likeness (QED) is 0.760. The van der Waals surface area contributed by atoms with E-state index in [0.717, 1.165) is 5.56 Å². The van der Waals surface area contributed by atoms with Crippen molar-refractivity contribution in [2.45, 2.75) is 19.1 Å². The van der Waals surface area contributed by atoms with Crippen LogP contribution in [-0.2, 0) is 20.7 Å². The molecule has 2 aliphatic rings. The molecule has 29 heavy (non-hydrogen) atoms. The number of carbonyl (C=O) groups is 3. The normalized spacial score (nSPS) is 15.9. The smallest absolute Gasteiger partial charge is 0.452 e. The van der Waals surface area contributed by atoms with Crippen LogP contribution in [0.15, 0.2) is 36.4 Å². The van der Waals surface area contributed by atoms with E-state index in [1.165, 1.54) is 24.3 Å². The average molecular weight is 404 g/mol. The molecular formula is C19H14F2N2O6. The number of hydrogen-bond donors (Lipinski definition) is 2. The van der Waals surface area contributed by atoms with Gasteiger partial charge in [0.1, 0.15) is 0 Å². The van der Waals surface area contributed by atoms with Crippen molar-refractivity contribution in [3.8, 4) is 11.5 Å². The predicted octanol–water partition coefficient (Wildman–Crippen LogP) is 2.69. The Labute approximate surface area is 162 Å². The maximum Gasteiger partial charge on any atom is 0.586 e. The van der Waals surface area contributed by atoms with E-state index in [1.807, 2.05) is 0 Å². The van der Waals surface area contributed by atoms with Crippen molar-refractivity contribution in [3.63, 3.8) is 0 Å². The molecule has 0 saturated carbocycles. The summed E-state index contributed by atoms with van der Waals surface area (Å²) in [5.41, 5.74) is 1.87. The van der Waals surface area contributed by atoms with E-state index in [-0.39, 0.29) is 28.7 Å². The van der Waals surface area contributed by atoms with Gasteiger partial charge < -0.3 is 24.8 Å². The number of rotatable bonds is 4. The van der Waals surface area contributed by atoms with Crippen LogP contribution >= 0.6 is 0 Å². The monoisotopic (exact) mass is 404 g/mol. The molecule has 4 rings (SSSR count). The van der Waals surface area contributed by atoms with Gasteiger partial charge in [-0.1, -0.05) is 0 Å². The van der Waals surface area contributed by atoms with Crippen LogP contribution in [0.4, 0.5) is 20.2 Å². The van der Waals surface area contributed by atoms with Crippen molar-refractivity contribution < 1.29 is 37.4 Å². The van der Waals surface area contributed by atoms with E-state index >= 15 is 0 Å². The van der Waals surface area contributed by atoms with Crippen LogP contribution in [0.3, 0.4) is 0 Å². The van der Waals surface area contributed by atoms with Gasteiger partial charge in [0.05, 0.1) is 5.56 Å². The van der Waals surface area contributed by atoms with Crippen LogP contribution in [-0.4, -0.2) is 30.7 Å². The van der Waals surface area contributed by atoms with Gasteiger partial charge in [-0.15, -0.1) is 8.78 Å². The molecule has 0 unspecified atom stereocenters. The zero-order valence-corrected chi connectivity index (χ0v) is 14.8. The number of anilines is 2. The molecule has 0 aromatic heterocycles. The molecule has 2 aliphatic heterocycles. The standard InChI is InChI=1S/C19H14F2N2O6/c20-19(21)28-14-5-3-12(8-15(14)29-19)22-17(25)9-27-18(26)11-1-4-13-10(7-11)2-6-16(24)23-13/h1,3-5,7-8H,2,6,9H2,(H,22,25)(H,23,24). The molecule has 2 heterocycles. The lowest BCUT2D eigenvalue weighted by atomic mass is 10.0. The summed E-state index contributed by atoms with van der Waals surface area (Å²) < 4.78 is 39.6. The molecule has 2 aromatic rings. The minimum atomic E-state index is -3.75. The van der Waals surface area contributed by atoms with Crippen molar-refractivity contribution in [1.82, 2.24) is 0 Å². The molecule has 0 bridgehead atoms. The Kier molecular flexibility index (Phi) is 4.53. The Bertz CT molecular complexity index is 1020. The van der Waals surface area contributed by atoms with Gasteiger partial charge in [-0.05, 0) is 42.3 Å². The number of carbonyl (C=O) groups excluding carboxylic acids is 3. The topological polar surface area (TPSA) is 103 Å². The molecule has 0 saturated heterocycles. The number of aryl methyl sites for hydroxylation is 1. The van der Waals surface area contributed by atoms with Crippen molar-refractivity contribution in [2.75, 3.05) is 17.2 Å². The second kappa shape index (κ2) is 7.04. The summed E-state index contributed by atoms with van der Waals surface area (Å²) in [6.07, 6.45) is -2.92. The maximum atomic E-state index is 13.0. The fraction of sp³-hybridized carbons (Fsp3) is 0.211. The molecule has 10 heteroatoms. The molecule has 2 N–H and O–H groups in total. The zero-order chi connectivity index (χ0) is 20.6. The highest BCUT2D eigenvalue weighted by Gasteiger charge is 2.43. The fourth-order valence-electron chi connectivity index (χ4n) is 2.95. The third kappa shape index (κ3) is 4.10. The molecule has 0 atom stereocenters. The van der Waals surface area contributed by atoms with Gasteiger partial charge in [0.25, 0.3) is 5.91 Å². The van der Waals surface area contributed by atoms with Crippen LogP contribution in [0.5, 0.6) is 11.5 Å². The molecule has 2 aromatic carbocycles. The van der Waals surface area contributed by atoms with Gasteiger partial charge in [0.15, 0.2) is 18.1 Å². The van der Waals surface area contributed by atoms with Crippen LogP contribution in [0, 0.1) is 0 Å². The first kappa shape index (κ1) is 18.7. The summed E-state index contributed by atoms with van der Waals surface area (Å²) >= 11 is 0. The summed E-state index contributed by atoms with van der Waals surface area (Å²) in [4.78, 5) is 35.5. The van der Waals surface area contributed by atoms with Gasteiger partial charge in [0, 0.05) is 23.9 Å². The second-order valence-corrected chi connectivity index (χ2v) is 6.37. The van der Waals surface area contributed by atoms with Crippen molar-refractivity contribution in [1.29, 1.82) is 0 Å². The lowest BCUT2D eigenvalue weighted by Gasteiger charge is -2.17. The van der Waals surface area contributed by atoms with Gasteiger partial charge in [-0.2, -0.15) is 0 Å². The van der Waals surface area contributed by atoms with E-state index in [0.29, 0.717) is 18.5 Å². The van der Waals surface area contributed by atoms with Crippen LogP contribution in [0.2, 0.25) is 0 Å². The SMILES string of the molecule is O=C(COC(=O)c1ccc2c(c1)CCC(=O)N2)Nc1ccc2c(c1)OC(F)(F)O2. The lowest BCUT2D eigenvalue weighted by molar-refractivity contribution is -0.286. The highest BCUT2D eigenvalue weighted by Crippen LogP contribution is 2.42. The van der Waals surface area contributed by atoms with E-state index < -0.39 is 24.8 Å². The molecular weight excluding hydrogens is 390 g/mol. The Hall–Kier alpha value is -3.69. The summed E-state index contributed by atoms with van der Waals surface area (Å²) in [6, 6.07) is 8.44. The Morgan fingerprint density at radius 2 is 1.90 bits per heavy atom. The number of fused-ring (bicyclic) bond motifs is 2. The van der Waals surface area contributed by atoms with E-state index in [4.69, 9.17) is 4.74 Å². The summed E-state index contributed by atoms with van der Waals surface area (Å²) in [5, 5.41) is 5.12. The first-order valence-electron chi connectivity index (χ1n) is 8.59. The summed E-state index contributed by atoms with van der Waals surface area (Å²) in [5.74, 6) is -1.81. The highest BCUT2D eigenvalue weighted by atomic mass is 19.3. The van der Waals surface area contributed by atoms with Gasteiger partial charge in [-0.25, -0.2) is 4.79 Å². The third-order valence-electron chi connectivity index (χ3n) is 4.26. The van der Waals surface area contributed by atoms with Crippen LogP contribution in [0.1, 0.15) is 22.3 Å². The molecule has 0 spiro atoms. The largest absolute Gasteiger partial charge is 0.586 e. The van der Waals surface area contributed by atoms with E-state index in [2.05, 4.69) is 20.1 Å².